The summed E-state index contributed by atoms with van der Waals surface area (Å²) in [5, 5.41) is 3.47. The minimum atomic E-state index is -0.376. The monoisotopic (exact) mass is 423 g/mol. The van der Waals surface area contributed by atoms with Crippen LogP contribution in [0.4, 0.5) is 5.69 Å². The lowest BCUT2D eigenvalue weighted by molar-refractivity contribution is -0.116. The first-order valence-electron chi connectivity index (χ1n) is 8.90. The minimum Gasteiger partial charge on any atom is -0.354 e. The van der Waals surface area contributed by atoms with E-state index in [-0.39, 0.29) is 24.1 Å². The maximum atomic E-state index is 13.0. The van der Waals surface area contributed by atoms with Crippen LogP contribution in [-0.4, -0.2) is 40.6 Å². The molecular formula is C20H23Cl2N3O3. The number of Topliss-reactive ketones (excluding diaryl/α,β-unsaturated/α-hetero) is 1. The summed E-state index contributed by atoms with van der Waals surface area (Å²) in [6.45, 7) is 7.11. The number of aryl methyl sites for hydroxylation is 1. The van der Waals surface area contributed by atoms with E-state index in [0.29, 0.717) is 51.2 Å². The van der Waals surface area contributed by atoms with Crippen LogP contribution in [0.15, 0.2) is 18.2 Å². The lowest BCUT2D eigenvalue weighted by atomic mass is 10.1. The largest absolute Gasteiger partial charge is 0.354 e. The first-order chi connectivity index (χ1) is 13.1. The fourth-order valence-corrected chi connectivity index (χ4v) is 3.58. The number of benzene rings is 1. The van der Waals surface area contributed by atoms with E-state index in [9.17, 15) is 14.4 Å². The molecule has 2 N–H and O–H groups in total. The number of hydrogen-bond acceptors (Lipinski definition) is 3. The molecule has 0 radical (unpaired) electrons. The quantitative estimate of drug-likeness (QED) is 0.636. The second-order valence-corrected chi connectivity index (χ2v) is 7.42. The zero-order valence-electron chi connectivity index (χ0n) is 16.3. The van der Waals surface area contributed by atoms with Gasteiger partial charge in [-0.05, 0) is 51.0 Å². The number of rotatable bonds is 7. The van der Waals surface area contributed by atoms with Gasteiger partial charge in [-0.3, -0.25) is 14.4 Å². The number of nitrogens with one attached hydrogen (secondary N) is 2. The van der Waals surface area contributed by atoms with Crippen molar-refractivity contribution < 1.29 is 14.4 Å². The molecule has 0 fully saturated rings. The number of anilines is 1. The van der Waals surface area contributed by atoms with E-state index < -0.39 is 0 Å². The molecule has 0 saturated heterocycles. The maximum absolute atomic E-state index is 13.0. The number of ketones is 1. The molecule has 0 atom stereocenters. The van der Waals surface area contributed by atoms with E-state index in [4.69, 9.17) is 23.2 Å². The van der Waals surface area contributed by atoms with Crippen molar-refractivity contribution in [3.63, 3.8) is 0 Å². The second-order valence-electron chi connectivity index (χ2n) is 6.58. The van der Waals surface area contributed by atoms with Gasteiger partial charge in [0.15, 0.2) is 5.78 Å². The number of amides is 2. The Bertz CT molecular complexity index is 922. The summed E-state index contributed by atoms with van der Waals surface area (Å²) in [6, 6.07) is 4.75. The summed E-state index contributed by atoms with van der Waals surface area (Å²) in [7, 11) is 0. The highest BCUT2D eigenvalue weighted by atomic mass is 35.5. The summed E-state index contributed by atoms with van der Waals surface area (Å²) in [4.78, 5) is 41.7. The van der Waals surface area contributed by atoms with E-state index in [1.807, 2.05) is 6.92 Å². The number of carbonyl (C=O) groups excluding carboxylic acids is 3. The third kappa shape index (κ3) is 4.94. The molecule has 2 amide bonds. The van der Waals surface area contributed by atoms with Crippen molar-refractivity contribution in [3.05, 3.63) is 50.8 Å². The van der Waals surface area contributed by atoms with Gasteiger partial charge in [0.25, 0.3) is 5.91 Å². The highest BCUT2D eigenvalue weighted by molar-refractivity contribution is 6.36. The molecule has 6 nitrogen and oxygen atoms in total. The van der Waals surface area contributed by atoms with Crippen LogP contribution >= 0.6 is 23.2 Å². The number of aromatic amines is 1. The van der Waals surface area contributed by atoms with Gasteiger partial charge in [0.05, 0.1) is 10.7 Å². The van der Waals surface area contributed by atoms with Crippen LogP contribution in [0.1, 0.15) is 52.4 Å². The molecule has 1 aromatic heterocycles. The molecule has 150 valence electrons. The van der Waals surface area contributed by atoms with E-state index in [0.717, 1.165) is 0 Å². The van der Waals surface area contributed by atoms with Crippen molar-refractivity contribution in [1.82, 2.24) is 9.88 Å². The molecule has 8 heteroatoms. The molecule has 28 heavy (non-hydrogen) atoms. The Morgan fingerprint density at radius 1 is 1.18 bits per heavy atom. The van der Waals surface area contributed by atoms with Gasteiger partial charge in [-0.15, -0.1) is 0 Å². The van der Waals surface area contributed by atoms with Crippen molar-refractivity contribution in [3.8, 4) is 0 Å². The van der Waals surface area contributed by atoms with Crippen LogP contribution in [0.3, 0.4) is 0 Å². The summed E-state index contributed by atoms with van der Waals surface area (Å²) >= 11 is 11.9. The summed E-state index contributed by atoms with van der Waals surface area (Å²) in [5.41, 5.74) is 2.50. The van der Waals surface area contributed by atoms with Crippen molar-refractivity contribution in [2.45, 2.75) is 34.1 Å². The van der Waals surface area contributed by atoms with Crippen molar-refractivity contribution in [1.29, 1.82) is 0 Å². The van der Waals surface area contributed by atoms with Crippen molar-refractivity contribution in [2.24, 2.45) is 0 Å². The SMILES string of the molecule is CCCN(CC(=O)Nc1ccc(Cl)cc1Cl)C(=O)c1[nH]c(C)c(C(C)=O)c1C. The van der Waals surface area contributed by atoms with Gasteiger partial charge < -0.3 is 15.2 Å². The Morgan fingerprint density at radius 2 is 1.86 bits per heavy atom. The summed E-state index contributed by atoms with van der Waals surface area (Å²) < 4.78 is 0. The molecule has 0 aliphatic heterocycles. The zero-order valence-corrected chi connectivity index (χ0v) is 17.8. The number of H-pyrrole nitrogens is 1. The Hall–Kier alpha value is -2.31. The summed E-state index contributed by atoms with van der Waals surface area (Å²) in [6.07, 6.45) is 0.680. The van der Waals surface area contributed by atoms with Gasteiger partial charge in [0.2, 0.25) is 5.91 Å². The Kier molecular flexibility index (Phi) is 7.27. The van der Waals surface area contributed by atoms with Crippen LogP contribution in [0.5, 0.6) is 0 Å². The molecule has 0 spiro atoms. The number of hydrogen-bond donors (Lipinski definition) is 2. The molecule has 0 aliphatic carbocycles. The van der Waals surface area contributed by atoms with Gasteiger partial charge in [-0.1, -0.05) is 30.1 Å². The topological polar surface area (TPSA) is 82.3 Å². The molecule has 1 heterocycles. The third-order valence-corrected chi connectivity index (χ3v) is 4.87. The minimum absolute atomic E-state index is 0.109. The predicted molar refractivity (Wildman–Crippen MR) is 112 cm³/mol. The molecular weight excluding hydrogens is 401 g/mol. The molecule has 0 unspecified atom stereocenters. The van der Waals surface area contributed by atoms with Gasteiger partial charge in [-0.25, -0.2) is 0 Å². The fraction of sp³-hybridized carbons (Fsp3) is 0.350. The zero-order chi connectivity index (χ0) is 21.0. The van der Waals surface area contributed by atoms with Crippen LogP contribution in [0, 0.1) is 13.8 Å². The Balaban J connectivity index is 2.20. The van der Waals surface area contributed by atoms with Crippen LogP contribution < -0.4 is 5.32 Å². The van der Waals surface area contributed by atoms with E-state index in [1.54, 1.807) is 26.0 Å². The van der Waals surface area contributed by atoms with Gasteiger partial charge in [-0.2, -0.15) is 0 Å². The predicted octanol–water partition coefficient (Wildman–Crippen LogP) is 4.63. The average Bonchev–Trinajstić information content (AvgIpc) is 2.91. The second kappa shape index (κ2) is 9.26. The number of halogens is 2. The Morgan fingerprint density at radius 3 is 2.39 bits per heavy atom. The third-order valence-electron chi connectivity index (χ3n) is 4.32. The smallest absolute Gasteiger partial charge is 0.271 e. The van der Waals surface area contributed by atoms with E-state index >= 15 is 0 Å². The first-order valence-corrected chi connectivity index (χ1v) is 9.65. The van der Waals surface area contributed by atoms with Crippen molar-refractivity contribution in [2.75, 3.05) is 18.4 Å². The first kappa shape index (κ1) is 22.0. The normalized spacial score (nSPS) is 10.6. The molecule has 0 saturated carbocycles. The maximum Gasteiger partial charge on any atom is 0.271 e. The number of nitrogens with zero attached hydrogens (tertiary/aromatic N) is 1. The van der Waals surface area contributed by atoms with Gasteiger partial charge in [0.1, 0.15) is 12.2 Å². The summed E-state index contributed by atoms with van der Waals surface area (Å²) in [5.74, 6) is -0.812. The highest BCUT2D eigenvalue weighted by Gasteiger charge is 2.25. The highest BCUT2D eigenvalue weighted by Crippen LogP contribution is 2.25. The molecule has 1 aromatic carbocycles. The van der Waals surface area contributed by atoms with Crippen molar-refractivity contribution >= 4 is 46.5 Å². The van der Waals surface area contributed by atoms with Gasteiger partial charge >= 0.3 is 0 Å². The lowest BCUT2D eigenvalue weighted by Crippen LogP contribution is -2.39. The molecule has 2 rings (SSSR count). The van der Waals surface area contributed by atoms with E-state index in [1.165, 1.54) is 17.9 Å². The fourth-order valence-electron chi connectivity index (χ4n) is 3.13. The molecule has 0 aliphatic rings. The lowest BCUT2D eigenvalue weighted by Gasteiger charge is -2.21. The Labute approximate surface area is 174 Å². The molecule has 2 aromatic rings. The van der Waals surface area contributed by atoms with Crippen LogP contribution in [0.2, 0.25) is 10.0 Å². The average molecular weight is 424 g/mol. The standard InChI is InChI=1S/C20H23Cl2N3O3/c1-5-8-25(10-17(27)24-16-7-6-14(21)9-15(16)22)20(28)19-11(2)18(13(4)26)12(3)23-19/h6-7,9,23H,5,8,10H2,1-4H3,(H,24,27). The number of carbonyl (C=O) groups is 3. The molecule has 0 bridgehead atoms. The van der Waals surface area contributed by atoms with E-state index in [2.05, 4.69) is 10.3 Å². The van der Waals surface area contributed by atoms with Crippen LogP contribution in [0.25, 0.3) is 0 Å². The number of aromatic nitrogens is 1. The van der Waals surface area contributed by atoms with Gasteiger partial charge in [0, 0.05) is 22.8 Å². The van der Waals surface area contributed by atoms with Crippen LogP contribution in [-0.2, 0) is 4.79 Å².